The molecule has 0 saturated heterocycles. The lowest BCUT2D eigenvalue weighted by molar-refractivity contribution is 0.857. The molecule has 0 aromatic heterocycles. The second kappa shape index (κ2) is 5.24. The van der Waals surface area contributed by atoms with Crippen LogP contribution in [-0.4, -0.2) is 6.54 Å². The molecule has 0 bridgehead atoms. The van der Waals surface area contributed by atoms with Crippen molar-refractivity contribution in [2.45, 2.75) is 26.2 Å². The summed E-state index contributed by atoms with van der Waals surface area (Å²) in [7, 11) is 0. The van der Waals surface area contributed by atoms with Gasteiger partial charge in [0.1, 0.15) is 0 Å². The van der Waals surface area contributed by atoms with Crippen molar-refractivity contribution in [1.82, 2.24) is 0 Å². The van der Waals surface area contributed by atoms with Crippen molar-refractivity contribution in [3.8, 4) is 11.1 Å². The van der Waals surface area contributed by atoms with Crippen LogP contribution in [0.15, 0.2) is 60.7 Å². The number of hydrogen-bond acceptors (Lipinski definition) is 1. The van der Waals surface area contributed by atoms with E-state index in [1.165, 1.54) is 44.8 Å². The molecule has 0 spiro atoms. The average Bonchev–Trinajstić information content (AvgIpc) is 3.00. The van der Waals surface area contributed by atoms with E-state index >= 15 is 0 Å². The Balaban J connectivity index is 1.74. The molecular formula is C23H21N. The third-order valence-corrected chi connectivity index (χ3v) is 5.42. The molecule has 0 atom stereocenters. The summed E-state index contributed by atoms with van der Waals surface area (Å²) in [5.74, 6) is 0. The summed E-state index contributed by atoms with van der Waals surface area (Å²) in [5, 5.41) is 0. The van der Waals surface area contributed by atoms with Gasteiger partial charge in [-0.15, -0.1) is 0 Å². The SMILES string of the molecule is CCCN1c2ccccc2Cc2ccc3c(c21)Cc1ccccc1-3. The first-order valence-corrected chi connectivity index (χ1v) is 8.95. The number of benzene rings is 3. The predicted molar refractivity (Wildman–Crippen MR) is 101 cm³/mol. The molecule has 2 aliphatic rings. The van der Waals surface area contributed by atoms with Crippen LogP contribution in [0.3, 0.4) is 0 Å². The zero-order chi connectivity index (χ0) is 16.1. The zero-order valence-electron chi connectivity index (χ0n) is 14.0. The van der Waals surface area contributed by atoms with Crippen molar-refractivity contribution in [2.24, 2.45) is 0 Å². The van der Waals surface area contributed by atoms with Crippen molar-refractivity contribution >= 4 is 11.4 Å². The molecule has 0 N–H and O–H groups in total. The van der Waals surface area contributed by atoms with Gasteiger partial charge < -0.3 is 4.90 Å². The van der Waals surface area contributed by atoms with Crippen molar-refractivity contribution in [1.29, 1.82) is 0 Å². The smallest absolute Gasteiger partial charge is 0.0488 e. The van der Waals surface area contributed by atoms with Gasteiger partial charge in [0.2, 0.25) is 0 Å². The first kappa shape index (κ1) is 13.9. The molecule has 0 amide bonds. The summed E-state index contributed by atoms with van der Waals surface area (Å²) in [6, 6.07) is 22.5. The van der Waals surface area contributed by atoms with Gasteiger partial charge in [-0.25, -0.2) is 0 Å². The van der Waals surface area contributed by atoms with Crippen LogP contribution in [0.5, 0.6) is 0 Å². The first-order valence-electron chi connectivity index (χ1n) is 8.95. The van der Waals surface area contributed by atoms with E-state index in [4.69, 9.17) is 0 Å². The summed E-state index contributed by atoms with van der Waals surface area (Å²) < 4.78 is 0. The molecule has 0 radical (unpaired) electrons. The average molecular weight is 311 g/mol. The number of para-hydroxylation sites is 1. The highest BCUT2D eigenvalue weighted by atomic mass is 15.1. The Bertz CT molecular complexity index is 939. The zero-order valence-corrected chi connectivity index (χ0v) is 14.0. The lowest BCUT2D eigenvalue weighted by Gasteiger charge is -2.35. The van der Waals surface area contributed by atoms with Crippen LogP contribution in [0, 0.1) is 0 Å². The monoisotopic (exact) mass is 311 g/mol. The summed E-state index contributed by atoms with van der Waals surface area (Å²) in [6.45, 7) is 3.35. The van der Waals surface area contributed by atoms with Crippen molar-refractivity contribution < 1.29 is 0 Å². The molecule has 5 rings (SSSR count). The number of rotatable bonds is 2. The maximum atomic E-state index is 2.57. The van der Waals surface area contributed by atoms with E-state index in [1.54, 1.807) is 0 Å². The fourth-order valence-corrected chi connectivity index (χ4v) is 4.43. The Kier molecular flexibility index (Phi) is 3.02. The summed E-state index contributed by atoms with van der Waals surface area (Å²) >= 11 is 0. The topological polar surface area (TPSA) is 3.24 Å². The van der Waals surface area contributed by atoms with E-state index in [0.29, 0.717) is 0 Å². The number of nitrogens with zero attached hydrogens (tertiary/aromatic N) is 1. The van der Waals surface area contributed by atoms with E-state index < -0.39 is 0 Å². The lowest BCUT2D eigenvalue weighted by atomic mass is 9.90. The van der Waals surface area contributed by atoms with Crippen LogP contribution < -0.4 is 4.90 Å². The second-order valence-electron chi connectivity index (χ2n) is 6.89. The summed E-state index contributed by atoms with van der Waals surface area (Å²) in [5.41, 5.74) is 11.7. The van der Waals surface area contributed by atoms with Gasteiger partial charge in [0, 0.05) is 30.8 Å². The minimum Gasteiger partial charge on any atom is -0.341 e. The van der Waals surface area contributed by atoms with Gasteiger partial charge in [-0.3, -0.25) is 0 Å². The van der Waals surface area contributed by atoms with E-state index in [0.717, 1.165) is 25.8 Å². The largest absolute Gasteiger partial charge is 0.341 e. The van der Waals surface area contributed by atoms with E-state index in [-0.39, 0.29) is 0 Å². The minimum absolute atomic E-state index is 1.05. The van der Waals surface area contributed by atoms with E-state index in [9.17, 15) is 0 Å². The maximum Gasteiger partial charge on any atom is 0.0488 e. The van der Waals surface area contributed by atoms with Crippen LogP contribution in [0.4, 0.5) is 11.4 Å². The minimum atomic E-state index is 1.05. The first-order chi connectivity index (χ1) is 11.9. The Hall–Kier alpha value is -2.54. The fraction of sp³-hybridized carbons (Fsp3) is 0.217. The van der Waals surface area contributed by atoms with Gasteiger partial charge in [0.15, 0.2) is 0 Å². The van der Waals surface area contributed by atoms with Crippen LogP contribution in [-0.2, 0) is 12.8 Å². The summed E-state index contributed by atoms with van der Waals surface area (Å²) in [4.78, 5) is 2.57. The number of anilines is 2. The van der Waals surface area contributed by atoms with E-state index in [2.05, 4.69) is 72.5 Å². The normalized spacial score (nSPS) is 14.0. The molecule has 3 aromatic carbocycles. The third-order valence-electron chi connectivity index (χ3n) is 5.42. The molecule has 1 heterocycles. The maximum absolute atomic E-state index is 2.57. The highest BCUT2D eigenvalue weighted by Crippen LogP contribution is 2.48. The highest BCUT2D eigenvalue weighted by Gasteiger charge is 2.29. The van der Waals surface area contributed by atoms with Gasteiger partial charge in [-0.05, 0) is 45.9 Å². The lowest BCUT2D eigenvalue weighted by Crippen LogP contribution is -2.25. The molecule has 3 aromatic rings. The van der Waals surface area contributed by atoms with Crippen LogP contribution in [0.1, 0.15) is 35.6 Å². The van der Waals surface area contributed by atoms with Gasteiger partial charge >= 0.3 is 0 Å². The Morgan fingerprint density at radius 1 is 0.750 bits per heavy atom. The Morgan fingerprint density at radius 3 is 2.42 bits per heavy atom. The van der Waals surface area contributed by atoms with Gasteiger partial charge in [-0.1, -0.05) is 61.5 Å². The Labute approximate surface area is 143 Å². The highest BCUT2D eigenvalue weighted by molar-refractivity contribution is 5.87. The Morgan fingerprint density at radius 2 is 1.54 bits per heavy atom. The van der Waals surface area contributed by atoms with Crippen molar-refractivity contribution in [2.75, 3.05) is 11.4 Å². The van der Waals surface area contributed by atoms with Crippen LogP contribution in [0.25, 0.3) is 11.1 Å². The van der Waals surface area contributed by atoms with E-state index in [1.807, 2.05) is 0 Å². The molecule has 1 aliphatic heterocycles. The molecule has 0 fully saturated rings. The molecular weight excluding hydrogens is 290 g/mol. The van der Waals surface area contributed by atoms with Crippen LogP contribution >= 0.6 is 0 Å². The molecule has 118 valence electrons. The van der Waals surface area contributed by atoms with Crippen molar-refractivity contribution in [3.05, 3.63) is 82.9 Å². The molecule has 0 saturated carbocycles. The second-order valence-corrected chi connectivity index (χ2v) is 6.89. The quantitative estimate of drug-likeness (QED) is 0.458. The third kappa shape index (κ3) is 1.88. The molecule has 1 nitrogen and oxygen atoms in total. The van der Waals surface area contributed by atoms with Crippen molar-refractivity contribution in [3.63, 3.8) is 0 Å². The predicted octanol–water partition coefficient (Wildman–Crippen LogP) is 5.71. The number of hydrogen-bond donors (Lipinski definition) is 0. The van der Waals surface area contributed by atoms with Crippen LogP contribution in [0.2, 0.25) is 0 Å². The van der Waals surface area contributed by atoms with Gasteiger partial charge in [0.05, 0.1) is 0 Å². The van der Waals surface area contributed by atoms with Gasteiger partial charge in [-0.2, -0.15) is 0 Å². The standard InChI is InChI=1S/C23H21N/c1-2-13-24-22-10-6-4-8-17(22)14-18-11-12-20-19-9-5-3-7-16(19)15-21(20)23(18)24/h3-12H,2,13-15H2,1H3. The number of fused-ring (bicyclic) bond motifs is 6. The molecule has 1 aliphatic carbocycles. The molecule has 0 unspecified atom stereocenters. The summed E-state index contributed by atoms with van der Waals surface area (Å²) in [6.07, 6.45) is 3.27. The molecule has 1 heteroatoms. The van der Waals surface area contributed by atoms with Gasteiger partial charge in [0.25, 0.3) is 0 Å². The fourth-order valence-electron chi connectivity index (χ4n) is 4.43. The molecule has 24 heavy (non-hydrogen) atoms.